The second kappa shape index (κ2) is 8.00. The number of anilines is 1. The Morgan fingerprint density at radius 3 is 2.50 bits per heavy atom. The largest absolute Gasteiger partial charge is 0.324 e. The molecule has 154 valence electrons. The van der Waals surface area contributed by atoms with Gasteiger partial charge in [-0.25, -0.2) is 0 Å². The normalized spacial score (nSPS) is 16.6. The van der Waals surface area contributed by atoms with E-state index in [2.05, 4.69) is 42.0 Å². The summed E-state index contributed by atoms with van der Waals surface area (Å²) < 4.78 is 0.904. The summed E-state index contributed by atoms with van der Waals surface area (Å²) in [5.74, 6) is -0.353. The minimum Gasteiger partial charge on any atom is -0.324 e. The second-order valence-corrected chi connectivity index (χ2v) is 10.4. The van der Waals surface area contributed by atoms with Crippen LogP contribution in [0.25, 0.3) is 0 Å². The van der Waals surface area contributed by atoms with Gasteiger partial charge in [0.1, 0.15) is 6.54 Å². The summed E-state index contributed by atoms with van der Waals surface area (Å²) in [6.45, 7) is 6.43. The molecule has 0 bridgehead atoms. The fraction of sp³-hybridized carbons (Fsp3) is 0.250. The number of benzene rings is 2. The van der Waals surface area contributed by atoms with Crippen molar-refractivity contribution in [2.45, 2.75) is 32.2 Å². The highest BCUT2D eigenvalue weighted by Crippen LogP contribution is 2.39. The Kier molecular flexibility index (Phi) is 5.55. The average Bonchev–Trinajstić information content (AvgIpc) is 3.18. The smallest absolute Gasteiger partial charge is 0.255 e. The Morgan fingerprint density at radius 1 is 1.13 bits per heavy atom. The molecule has 1 N–H and O–H groups in total. The van der Waals surface area contributed by atoms with Gasteiger partial charge in [-0.15, -0.1) is 11.3 Å². The van der Waals surface area contributed by atoms with E-state index in [0.29, 0.717) is 5.56 Å². The molecule has 2 amide bonds. The topological polar surface area (TPSA) is 49.4 Å². The van der Waals surface area contributed by atoms with E-state index in [1.54, 1.807) is 16.2 Å². The van der Waals surface area contributed by atoms with Crippen molar-refractivity contribution in [1.29, 1.82) is 0 Å². The Bertz CT molecular complexity index is 1090. The van der Waals surface area contributed by atoms with Gasteiger partial charge in [0.2, 0.25) is 5.91 Å². The van der Waals surface area contributed by atoms with Crippen LogP contribution < -0.4 is 5.32 Å². The number of halogens is 1. The third-order valence-electron chi connectivity index (χ3n) is 5.28. The first-order valence-electron chi connectivity index (χ1n) is 9.78. The highest BCUT2D eigenvalue weighted by atomic mass is 79.9. The van der Waals surface area contributed by atoms with Crippen molar-refractivity contribution in [1.82, 2.24) is 4.90 Å². The third-order valence-corrected chi connectivity index (χ3v) is 6.70. The number of nitrogens with one attached hydrogen (secondary N) is 1. The van der Waals surface area contributed by atoms with Crippen LogP contribution in [0.2, 0.25) is 0 Å². The lowest BCUT2D eigenvalue weighted by Gasteiger charge is -2.30. The molecule has 3 aromatic rings. The zero-order valence-electron chi connectivity index (χ0n) is 17.1. The van der Waals surface area contributed by atoms with Gasteiger partial charge in [-0.3, -0.25) is 9.59 Å². The molecule has 0 saturated heterocycles. The third kappa shape index (κ3) is 4.07. The summed E-state index contributed by atoms with van der Waals surface area (Å²) >= 11 is 5.12. The fourth-order valence-corrected chi connectivity index (χ4v) is 4.93. The molecule has 1 aliphatic rings. The van der Waals surface area contributed by atoms with E-state index in [9.17, 15) is 9.59 Å². The van der Waals surface area contributed by atoms with Gasteiger partial charge in [0.05, 0.1) is 6.04 Å². The number of rotatable bonds is 2. The summed E-state index contributed by atoms with van der Waals surface area (Å²) in [6, 6.07) is 17.1. The SMILES string of the molecule is CC(C)(C)c1ccc(C(=O)N2CC(=O)Nc3ccc(Br)cc3C2c2cccs2)cc1. The van der Waals surface area contributed by atoms with Crippen molar-refractivity contribution < 1.29 is 9.59 Å². The summed E-state index contributed by atoms with van der Waals surface area (Å²) in [5, 5.41) is 4.95. The van der Waals surface area contributed by atoms with Crippen molar-refractivity contribution in [2.75, 3.05) is 11.9 Å². The van der Waals surface area contributed by atoms with Gasteiger partial charge in [0.15, 0.2) is 0 Å². The Balaban J connectivity index is 1.80. The van der Waals surface area contributed by atoms with Crippen LogP contribution in [0.5, 0.6) is 0 Å². The number of hydrogen-bond donors (Lipinski definition) is 1. The molecular weight excluding hydrogens is 460 g/mol. The van der Waals surface area contributed by atoms with Gasteiger partial charge < -0.3 is 10.2 Å². The van der Waals surface area contributed by atoms with Crippen LogP contribution in [0.1, 0.15) is 53.2 Å². The molecule has 2 aromatic carbocycles. The number of hydrogen-bond acceptors (Lipinski definition) is 3. The number of thiophene rings is 1. The predicted octanol–water partition coefficient (Wildman–Crippen LogP) is 5.99. The number of fused-ring (bicyclic) bond motifs is 1. The minimum absolute atomic E-state index is 0.00524. The summed E-state index contributed by atoms with van der Waals surface area (Å²) in [5.41, 5.74) is 3.39. The van der Waals surface area contributed by atoms with E-state index in [0.717, 1.165) is 26.2 Å². The van der Waals surface area contributed by atoms with Crippen molar-refractivity contribution >= 4 is 44.8 Å². The molecular formula is C24H23BrN2O2S. The lowest BCUT2D eigenvalue weighted by molar-refractivity contribution is -0.117. The molecule has 6 heteroatoms. The highest BCUT2D eigenvalue weighted by Gasteiger charge is 2.34. The van der Waals surface area contributed by atoms with E-state index in [-0.39, 0.29) is 29.8 Å². The Morgan fingerprint density at radius 2 is 1.87 bits per heavy atom. The molecule has 0 radical (unpaired) electrons. The maximum Gasteiger partial charge on any atom is 0.255 e. The number of nitrogens with zero attached hydrogens (tertiary/aromatic N) is 1. The molecule has 1 unspecified atom stereocenters. The first kappa shape index (κ1) is 20.8. The molecule has 1 atom stereocenters. The predicted molar refractivity (Wildman–Crippen MR) is 125 cm³/mol. The lowest BCUT2D eigenvalue weighted by atomic mass is 9.86. The van der Waals surface area contributed by atoms with Crippen molar-refractivity contribution in [3.63, 3.8) is 0 Å². The molecule has 1 aliphatic heterocycles. The van der Waals surface area contributed by atoms with Gasteiger partial charge in [0.25, 0.3) is 5.91 Å². The van der Waals surface area contributed by atoms with E-state index < -0.39 is 0 Å². The van der Waals surface area contributed by atoms with Gasteiger partial charge in [0, 0.05) is 26.2 Å². The average molecular weight is 483 g/mol. The Labute approximate surface area is 189 Å². The van der Waals surface area contributed by atoms with Gasteiger partial charge in [-0.1, -0.05) is 54.9 Å². The number of carbonyl (C=O) groups is 2. The lowest BCUT2D eigenvalue weighted by Crippen LogP contribution is -2.38. The quantitative estimate of drug-likeness (QED) is 0.487. The maximum absolute atomic E-state index is 13.6. The highest BCUT2D eigenvalue weighted by molar-refractivity contribution is 9.10. The zero-order valence-corrected chi connectivity index (χ0v) is 19.5. The van der Waals surface area contributed by atoms with E-state index in [1.807, 2.05) is 60.0 Å². The van der Waals surface area contributed by atoms with Crippen molar-refractivity contribution in [3.8, 4) is 0 Å². The maximum atomic E-state index is 13.6. The molecule has 2 heterocycles. The van der Waals surface area contributed by atoms with Crippen molar-refractivity contribution in [2.24, 2.45) is 0 Å². The zero-order chi connectivity index (χ0) is 21.5. The van der Waals surface area contributed by atoms with E-state index in [1.165, 1.54) is 0 Å². The molecule has 4 nitrogen and oxygen atoms in total. The van der Waals surface area contributed by atoms with Crippen LogP contribution in [0.3, 0.4) is 0 Å². The molecule has 4 rings (SSSR count). The second-order valence-electron chi connectivity index (χ2n) is 8.46. The standard InChI is InChI=1S/C24H23BrN2O2S/c1-24(2,3)16-8-6-15(7-9-16)23(29)27-14-21(28)26-19-11-10-17(25)13-18(19)22(27)20-5-4-12-30-20/h4-13,22H,14H2,1-3H3,(H,26,28). The van der Waals surface area contributed by atoms with E-state index in [4.69, 9.17) is 0 Å². The summed E-state index contributed by atoms with van der Waals surface area (Å²) in [7, 11) is 0. The van der Waals surface area contributed by atoms with Crippen molar-refractivity contribution in [3.05, 3.63) is 86.0 Å². The van der Waals surface area contributed by atoms with Crippen LogP contribution in [-0.2, 0) is 10.2 Å². The first-order chi connectivity index (χ1) is 14.2. The summed E-state index contributed by atoms with van der Waals surface area (Å²) in [6.07, 6.45) is 0. The fourth-order valence-electron chi connectivity index (χ4n) is 3.70. The minimum atomic E-state index is -0.341. The van der Waals surface area contributed by atoms with Gasteiger partial charge in [-0.2, -0.15) is 0 Å². The molecule has 0 saturated carbocycles. The van der Waals surface area contributed by atoms with Crippen LogP contribution in [0.15, 0.2) is 64.5 Å². The van der Waals surface area contributed by atoms with Gasteiger partial charge in [-0.05, 0) is 52.8 Å². The Hall–Kier alpha value is -2.44. The number of amides is 2. The molecule has 0 fully saturated rings. The van der Waals surface area contributed by atoms with Crippen LogP contribution in [0.4, 0.5) is 5.69 Å². The molecule has 0 spiro atoms. The molecule has 1 aromatic heterocycles. The first-order valence-corrected chi connectivity index (χ1v) is 11.5. The molecule has 0 aliphatic carbocycles. The molecule has 30 heavy (non-hydrogen) atoms. The van der Waals surface area contributed by atoms with Crippen LogP contribution >= 0.6 is 27.3 Å². The summed E-state index contributed by atoms with van der Waals surface area (Å²) in [4.78, 5) is 29.0. The van der Waals surface area contributed by atoms with E-state index >= 15 is 0 Å². The van der Waals surface area contributed by atoms with Crippen LogP contribution in [-0.4, -0.2) is 23.3 Å². The monoisotopic (exact) mass is 482 g/mol. The van der Waals surface area contributed by atoms with Crippen LogP contribution in [0, 0.1) is 0 Å². The number of carbonyl (C=O) groups excluding carboxylic acids is 2. The van der Waals surface area contributed by atoms with Gasteiger partial charge >= 0.3 is 0 Å².